The Bertz CT molecular complexity index is 306. The largest absolute Gasteiger partial charge is 0.382 e. The highest BCUT2D eigenvalue weighted by atomic mass is 79.9. The summed E-state index contributed by atoms with van der Waals surface area (Å²) in [6.07, 6.45) is 0.999. The molecule has 0 bridgehead atoms. The monoisotopic (exact) mass is 321 g/mol. The fourth-order valence-electron chi connectivity index (χ4n) is 1.54. The number of halogens is 1. The fraction of sp³-hybridized carbons (Fsp3) is 0.667. The van der Waals surface area contributed by atoms with Crippen molar-refractivity contribution in [2.75, 3.05) is 33.5 Å². The Labute approximate surface area is 116 Å². The molecule has 0 aliphatic rings. The molecule has 0 spiro atoms. The second kappa shape index (κ2) is 9.05. The van der Waals surface area contributed by atoms with Crippen LogP contribution in [0.1, 0.15) is 11.8 Å². The molecule has 1 rings (SSSR count). The molecule has 98 valence electrons. The third-order valence-electron chi connectivity index (χ3n) is 2.37. The molecular weight excluding hydrogens is 302 g/mol. The van der Waals surface area contributed by atoms with Crippen LogP contribution in [0.15, 0.2) is 15.9 Å². The maximum absolute atomic E-state index is 5.58. The van der Waals surface area contributed by atoms with Crippen LogP contribution >= 0.6 is 27.3 Å². The number of nitrogens with one attached hydrogen (secondary N) is 1. The van der Waals surface area contributed by atoms with Crippen LogP contribution in [0.4, 0.5) is 0 Å². The van der Waals surface area contributed by atoms with Crippen molar-refractivity contribution >= 4 is 27.3 Å². The van der Waals surface area contributed by atoms with Gasteiger partial charge in [-0.3, -0.25) is 0 Å². The summed E-state index contributed by atoms with van der Waals surface area (Å²) in [6.45, 7) is 5.11. The molecule has 17 heavy (non-hydrogen) atoms. The SMILES string of the molecule is CCNC(COCCOC)Cc1sccc1Br. The van der Waals surface area contributed by atoms with Gasteiger partial charge in [0, 0.05) is 28.9 Å². The van der Waals surface area contributed by atoms with Crippen molar-refractivity contribution in [2.24, 2.45) is 0 Å². The fourth-order valence-corrected chi connectivity index (χ4v) is 3.14. The van der Waals surface area contributed by atoms with Gasteiger partial charge in [0.1, 0.15) is 0 Å². The van der Waals surface area contributed by atoms with Crippen molar-refractivity contribution < 1.29 is 9.47 Å². The summed E-state index contributed by atoms with van der Waals surface area (Å²) in [7, 11) is 1.69. The molecule has 0 aliphatic carbocycles. The van der Waals surface area contributed by atoms with Gasteiger partial charge < -0.3 is 14.8 Å². The van der Waals surface area contributed by atoms with Gasteiger partial charge >= 0.3 is 0 Å². The van der Waals surface area contributed by atoms with Crippen molar-refractivity contribution in [2.45, 2.75) is 19.4 Å². The van der Waals surface area contributed by atoms with Crippen molar-refractivity contribution in [3.8, 4) is 0 Å². The summed E-state index contributed by atoms with van der Waals surface area (Å²) in [6, 6.07) is 2.46. The number of hydrogen-bond acceptors (Lipinski definition) is 4. The molecule has 1 heterocycles. The van der Waals surface area contributed by atoms with E-state index >= 15 is 0 Å². The van der Waals surface area contributed by atoms with E-state index in [1.165, 1.54) is 9.35 Å². The molecule has 1 atom stereocenters. The van der Waals surface area contributed by atoms with Crippen LogP contribution in [0.5, 0.6) is 0 Å². The van der Waals surface area contributed by atoms with Crippen molar-refractivity contribution in [3.05, 3.63) is 20.8 Å². The van der Waals surface area contributed by atoms with Gasteiger partial charge in [0.15, 0.2) is 0 Å². The van der Waals surface area contributed by atoms with E-state index in [0.717, 1.165) is 19.6 Å². The molecular formula is C12H20BrNO2S. The first-order chi connectivity index (χ1) is 8.27. The molecule has 0 radical (unpaired) electrons. The van der Waals surface area contributed by atoms with E-state index in [9.17, 15) is 0 Å². The van der Waals surface area contributed by atoms with Crippen LogP contribution in [-0.4, -0.2) is 39.5 Å². The number of thiophene rings is 1. The normalized spacial score (nSPS) is 12.9. The van der Waals surface area contributed by atoms with Gasteiger partial charge in [-0.1, -0.05) is 6.92 Å². The summed E-state index contributed by atoms with van der Waals surface area (Å²) >= 11 is 5.34. The minimum Gasteiger partial charge on any atom is -0.382 e. The van der Waals surface area contributed by atoms with E-state index in [1.807, 2.05) is 0 Å². The molecule has 0 saturated carbocycles. The predicted molar refractivity (Wildman–Crippen MR) is 75.9 cm³/mol. The average molecular weight is 322 g/mol. The Morgan fingerprint density at radius 2 is 2.29 bits per heavy atom. The lowest BCUT2D eigenvalue weighted by Crippen LogP contribution is -2.35. The average Bonchev–Trinajstić information content (AvgIpc) is 2.71. The number of methoxy groups -OCH3 is 1. The zero-order valence-corrected chi connectivity index (χ0v) is 12.8. The van der Waals surface area contributed by atoms with E-state index in [-0.39, 0.29) is 0 Å². The third kappa shape index (κ3) is 5.97. The molecule has 5 heteroatoms. The molecule has 3 nitrogen and oxygen atoms in total. The lowest BCUT2D eigenvalue weighted by atomic mass is 10.2. The first-order valence-electron chi connectivity index (χ1n) is 5.79. The van der Waals surface area contributed by atoms with Crippen molar-refractivity contribution in [1.82, 2.24) is 5.32 Å². The molecule has 1 N–H and O–H groups in total. The quantitative estimate of drug-likeness (QED) is 0.709. The smallest absolute Gasteiger partial charge is 0.0701 e. The second-order valence-electron chi connectivity index (χ2n) is 3.72. The number of ether oxygens (including phenoxy) is 2. The number of likely N-dealkylation sites (N-methyl/N-ethyl adjacent to an activating group) is 1. The summed E-state index contributed by atoms with van der Waals surface area (Å²) in [4.78, 5) is 1.37. The Balaban J connectivity index is 2.35. The summed E-state index contributed by atoms with van der Waals surface area (Å²) in [5.41, 5.74) is 0. The summed E-state index contributed by atoms with van der Waals surface area (Å²) in [5.74, 6) is 0. The highest BCUT2D eigenvalue weighted by Crippen LogP contribution is 2.23. The maximum atomic E-state index is 5.58. The molecule has 0 aromatic carbocycles. The molecule has 1 aromatic heterocycles. The minimum absolute atomic E-state index is 0.367. The van der Waals surface area contributed by atoms with E-state index < -0.39 is 0 Å². The third-order valence-corrected chi connectivity index (χ3v) is 4.32. The summed E-state index contributed by atoms with van der Waals surface area (Å²) in [5, 5.41) is 5.55. The molecule has 0 fully saturated rings. The Hall–Kier alpha value is 0.0600. The van der Waals surface area contributed by atoms with E-state index in [1.54, 1.807) is 18.4 Å². The highest BCUT2D eigenvalue weighted by Gasteiger charge is 2.11. The van der Waals surface area contributed by atoms with Gasteiger partial charge in [-0.2, -0.15) is 0 Å². The van der Waals surface area contributed by atoms with Gasteiger partial charge in [-0.15, -0.1) is 11.3 Å². The van der Waals surface area contributed by atoms with E-state index in [2.05, 4.69) is 39.6 Å². The number of rotatable bonds is 9. The van der Waals surface area contributed by atoms with Crippen molar-refractivity contribution in [1.29, 1.82) is 0 Å². The van der Waals surface area contributed by atoms with E-state index in [0.29, 0.717) is 19.3 Å². The van der Waals surface area contributed by atoms with Gasteiger partial charge in [0.05, 0.1) is 19.8 Å². The Morgan fingerprint density at radius 3 is 2.88 bits per heavy atom. The van der Waals surface area contributed by atoms with Gasteiger partial charge in [-0.25, -0.2) is 0 Å². The van der Waals surface area contributed by atoms with Gasteiger partial charge in [0.2, 0.25) is 0 Å². The maximum Gasteiger partial charge on any atom is 0.0701 e. The lowest BCUT2D eigenvalue weighted by Gasteiger charge is -2.17. The zero-order valence-electron chi connectivity index (χ0n) is 10.4. The number of hydrogen-bond donors (Lipinski definition) is 1. The topological polar surface area (TPSA) is 30.5 Å². The van der Waals surface area contributed by atoms with Crippen molar-refractivity contribution in [3.63, 3.8) is 0 Å². The van der Waals surface area contributed by atoms with E-state index in [4.69, 9.17) is 9.47 Å². The molecule has 0 amide bonds. The van der Waals surface area contributed by atoms with Crippen LogP contribution in [0.2, 0.25) is 0 Å². The van der Waals surface area contributed by atoms with Gasteiger partial charge in [-0.05, 0) is 33.9 Å². The molecule has 0 saturated heterocycles. The lowest BCUT2D eigenvalue weighted by molar-refractivity contribution is 0.0590. The standard InChI is InChI=1S/C12H20BrNO2S/c1-3-14-10(9-16-6-5-15-2)8-12-11(13)4-7-17-12/h4,7,10,14H,3,5-6,8-9H2,1-2H3. The first kappa shape index (κ1) is 15.1. The predicted octanol–water partition coefficient (Wildman–Crippen LogP) is 2.69. The molecule has 0 aliphatic heterocycles. The Kier molecular flexibility index (Phi) is 8.05. The Morgan fingerprint density at radius 1 is 1.47 bits per heavy atom. The van der Waals surface area contributed by atoms with Gasteiger partial charge in [0.25, 0.3) is 0 Å². The second-order valence-corrected chi connectivity index (χ2v) is 5.57. The minimum atomic E-state index is 0.367. The zero-order chi connectivity index (χ0) is 12.5. The van der Waals surface area contributed by atoms with Crippen LogP contribution in [0.25, 0.3) is 0 Å². The van der Waals surface area contributed by atoms with Crippen LogP contribution in [0.3, 0.4) is 0 Å². The first-order valence-corrected chi connectivity index (χ1v) is 7.47. The highest BCUT2D eigenvalue weighted by molar-refractivity contribution is 9.10. The summed E-state index contributed by atoms with van der Waals surface area (Å²) < 4.78 is 11.7. The van der Waals surface area contributed by atoms with Crippen LogP contribution in [0, 0.1) is 0 Å². The van der Waals surface area contributed by atoms with Crippen LogP contribution in [-0.2, 0) is 15.9 Å². The molecule has 1 aromatic rings. The van der Waals surface area contributed by atoms with Crippen LogP contribution < -0.4 is 5.32 Å². The molecule has 1 unspecified atom stereocenters.